The Morgan fingerprint density at radius 2 is 2.67 bits per heavy atom. The molecule has 0 N–H and O–H groups in total. The van der Waals surface area contributed by atoms with Crippen molar-refractivity contribution in [1.82, 2.24) is 0 Å². The first-order valence-corrected chi connectivity index (χ1v) is 2.90. The second-order valence-corrected chi connectivity index (χ2v) is 1.92. The van der Waals surface area contributed by atoms with Gasteiger partial charge in [0.2, 0.25) is 0 Å². The largest absolute Gasteiger partial charge is 0.286 e. The zero-order valence-corrected chi connectivity index (χ0v) is 4.24. The molecule has 33 valence electrons. The van der Waals surface area contributed by atoms with E-state index in [-0.39, 0.29) is 0 Å². The molecule has 1 nitrogen and oxygen atoms in total. The predicted molar refractivity (Wildman–Crippen MR) is 29.9 cm³/mol. The molecule has 0 aromatic heterocycles. The zero-order chi connectivity index (χ0) is 4.24. The van der Waals surface area contributed by atoms with E-state index >= 15 is 0 Å². The molecule has 6 heavy (non-hydrogen) atoms. The maximum atomic E-state index is 3.98. The first-order chi connectivity index (χ1) is 3.00. The van der Waals surface area contributed by atoms with Gasteiger partial charge in [0, 0.05) is 12.3 Å². The molecule has 0 saturated heterocycles. The minimum absolute atomic E-state index is 0.993. The van der Waals surface area contributed by atoms with Crippen molar-refractivity contribution in [2.75, 3.05) is 6.54 Å². The minimum Gasteiger partial charge on any atom is -0.286 e. The number of hydrogen-bond donors (Lipinski definition) is 0. The Morgan fingerprint density at radius 3 is 2.83 bits per heavy atom. The Labute approximate surface area is 41.8 Å². The molecular weight excluding hydrogens is 94.1 g/mol. The standard InChI is InChI=1S/C4H6NS/c1-2-5-4-6-3-1/h3-4H,1-2H2. The van der Waals surface area contributed by atoms with Crippen molar-refractivity contribution in [1.29, 1.82) is 0 Å². The van der Waals surface area contributed by atoms with Crippen LogP contribution in [0, 0.1) is 5.75 Å². The summed E-state index contributed by atoms with van der Waals surface area (Å²) in [6, 6.07) is 0. The van der Waals surface area contributed by atoms with Crippen molar-refractivity contribution in [3.05, 3.63) is 5.75 Å². The van der Waals surface area contributed by atoms with Gasteiger partial charge in [0.15, 0.2) is 0 Å². The van der Waals surface area contributed by atoms with Crippen molar-refractivity contribution in [3.63, 3.8) is 0 Å². The predicted octanol–water partition coefficient (Wildman–Crippen LogP) is 1.31. The van der Waals surface area contributed by atoms with Crippen molar-refractivity contribution in [2.45, 2.75) is 6.42 Å². The van der Waals surface area contributed by atoms with Gasteiger partial charge < -0.3 is 0 Å². The van der Waals surface area contributed by atoms with E-state index in [2.05, 4.69) is 10.7 Å². The molecule has 0 atom stereocenters. The molecule has 2 heteroatoms. The summed E-state index contributed by atoms with van der Waals surface area (Å²) < 4.78 is 0. The van der Waals surface area contributed by atoms with Crippen LogP contribution in [-0.2, 0) is 0 Å². The number of thioether (sulfide) groups is 1. The quantitative estimate of drug-likeness (QED) is 0.447. The van der Waals surface area contributed by atoms with Crippen molar-refractivity contribution in [2.24, 2.45) is 4.99 Å². The van der Waals surface area contributed by atoms with Crippen molar-refractivity contribution >= 4 is 17.3 Å². The van der Waals surface area contributed by atoms with Gasteiger partial charge in [0.1, 0.15) is 0 Å². The SMILES string of the molecule is [CH]1CCN=CS1. The maximum Gasteiger partial charge on any atom is 0.0544 e. The second-order valence-electron chi connectivity index (χ2n) is 1.10. The van der Waals surface area contributed by atoms with E-state index < -0.39 is 0 Å². The summed E-state index contributed by atoms with van der Waals surface area (Å²) in [5.41, 5.74) is 1.88. The molecule has 0 saturated carbocycles. The molecule has 1 heterocycles. The molecule has 0 fully saturated rings. The van der Waals surface area contributed by atoms with Crippen LogP contribution in [0.1, 0.15) is 6.42 Å². The van der Waals surface area contributed by atoms with E-state index in [0.717, 1.165) is 13.0 Å². The summed E-state index contributed by atoms with van der Waals surface area (Å²) in [5.74, 6) is 2.16. The third-order valence-corrected chi connectivity index (χ3v) is 1.31. The summed E-state index contributed by atoms with van der Waals surface area (Å²) in [6.07, 6.45) is 1.14. The number of aliphatic imine (C=N–C) groups is 1. The third-order valence-electron chi connectivity index (χ3n) is 0.608. The van der Waals surface area contributed by atoms with Gasteiger partial charge in [0.05, 0.1) is 5.55 Å². The van der Waals surface area contributed by atoms with Crippen LogP contribution in [0.5, 0.6) is 0 Å². The summed E-state index contributed by atoms with van der Waals surface area (Å²) in [7, 11) is 0. The van der Waals surface area contributed by atoms with Gasteiger partial charge in [-0.3, -0.25) is 4.99 Å². The summed E-state index contributed by atoms with van der Waals surface area (Å²) in [5, 5.41) is 0. The molecule has 0 aliphatic carbocycles. The molecule has 1 radical (unpaired) electrons. The van der Waals surface area contributed by atoms with Gasteiger partial charge in [-0.2, -0.15) is 0 Å². The van der Waals surface area contributed by atoms with E-state index in [9.17, 15) is 0 Å². The first-order valence-electron chi connectivity index (χ1n) is 1.95. The molecular formula is C4H6NS. The molecule has 0 bridgehead atoms. The van der Waals surface area contributed by atoms with Gasteiger partial charge in [-0.1, -0.05) is 0 Å². The van der Waals surface area contributed by atoms with Crippen LogP contribution in [-0.4, -0.2) is 12.1 Å². The van der Waals surface area contributed by atoms with Crippen LogP contribution < -0.4 is 0 Å². The fraction of sp³-hybridized carbons (Fsp3) is 0.500. The Morgan fingerprint density at radius 1 is 1.67 bits per heavy atom. The normalized spacial score (nSPS) is 21.3. The maximum absolute atomic E-state index is 3.98. The van der Waals surface area contributed by atoms with Gasteiger partial charge in [-0.05, 0) is 6.42 Å². The van der Waals surface area contributed by atoms with Crippen LogP contribution >= 0.6 is 11.8 Å². The van der Waals surface area contributed by atoms with Gasteiger partial charge in [0.25, 0.3) is 0 Å². The number of nitrogens with zero attached hydrogens (tertiary/aromatic N) is 1. The fourth-order valence-corrected chi connectivity index (χ4v) is 0.853. The lowest BCUT2D eigenvalue weighted by atomic mass is 10.5. The van der Waals surface area contributed by atoms with E-state index in [0.29, 0.717) is 0 Å². The van der Waals surface area contributed by atoms with Gasteiger partial charge >= 0.3 is 0 Å². The molecule has 1 aliphatic rings. The summed E-state index contributed by atoms with van der Waals surface area (Å²) >= 11 is 1.68. The van der Waals surface area contributed by atoms with Crippen LogP contribution in [0.4, 0.5) is 0 Å². The van der Waals surface area contributed by atoms with Crippen molar-refractivity contribution < 1.29 is 0 Å². The molecule has 0 spiro atoms. The van der Waals surface area contributed by atoms with E-state index in [1.165, 1.54) is 0 Å². The lowest BCUT2D eigenvalue weighted by molar-refractivity contribution is 0.995. The van der Waals surface area contributed by atoms with Crippen LogP contribution in [0.15, 0.2) is 4.99 Å². The second kappa shape index (κ2) is 2.24. The van der Waals surface area contributed by atoms with E-state index in [1.807, 2.05) is 5.55 Å². The molecule has 0 aromatic rings. The Kier molecular flexibility index (Phi) is 1.56. The highest BCUT2D eigenvalue weighted by Gasteiger charge is 1.89. The summed E-state index contributed by atoms with van der Waals surface area (Å²) in [4.78, 5) is 3.98. The number of hydrogen-bond acceptors (Lipinski definition) is 2. The minimum atomic E-state index is 0.993. The Bertz CT molecular complexity index is 52.6. The van der Waals surface area contributed by atoms with Gasteiger partial charge in [-0.25, -0.2) is 0 Å². The summed E-state index contributed by atoms with van der Waals surface area (Å²) in [6.45, 7) is 0.993. The average Bonchev–Trinajstić information content (AvgIpc) is 1.72. The lowest BCUT2D eigenvalue weighted by Gasteiger charge is -1.96. The van der Waals surface area contributed by atoms with Crippen LogP contribution in [0.3, 0.4) is 0 Å². The fourth-order valence-electron chi connectivity index (χ4n) is 0.334. The molecule has 1 rings (SSSR count). The highest BCUT2D eigenvalue weighted by Crippen LogP contribution is 2.08. The topological polar surface area (TPSA) is 12.4 Å². The lowest BCUT2D eigenvalue weighted by Crippen LogP contribution is -1.84. The molecule has 0 unspecified atom stereocenters. The highest BCUT2D eigenvalue weighted by atomic mass is 32.2. The number of rotatable bonds is 0. The van der Waals surface area contributed by atoms with Gasteiger partial charge in [-0.15, -0.1) is 11.8 Å². The monoisotopic (exact) mass is 100 g/mol. The van der Waals surface area contributed by atoms with E-state index in [1.54, 1.807) is 11.8 Å². The Hall–Kier alpha value is 0.0200. The molecule has 1 aliphatic heterocycles. The first kappa shape index (κ1) is 4.19. The molecule has 0 aromatic carbocycles. The highest BCUT2D eigenvalue weighted by molar-refractivity contribution is 8.13. The zero-order valence-electron chi connectivity index (χ0n) is 3.42. The molecule has 0 amide bonds. The van der Waals surface area contributed by atoms with Crippen molar-refractivity contribution in [3.8, 4) is 0 Å². The van der Waals surface area contributed by atoms with Crippen LogP contribution in [0.25, 0.3) is 0 Å². The third kappa shape index (κ3) is 1.01. The van der Waals surface area contributed by atoms with Crippen LogP contribution in [0.2, 0.25) is 0 Å². The smallest absolute Gasteiger partial charge is 0.0544 e. The Balaban J connectivity index is 2.26. The average molecular weight is 100 g/mol. The van der Waals surface area contributed by atoms with E-state index in [4.69, 9.17) is 0 Å².